The predicted octanol–water partition coefficient (Wildman–Crippen LogP) is 5.83. The molecule has 2 aromatic carbocycles. The Kier molecular flexibility index (Phi) is 5.45. The Labute approximate surface area is 203 Å². The topological polar surface area (TPSA) is 83.1 Å². The van der Waals surface area contributed by atoms with Gasteiger partial charge in [0.15, 0.2) is 0 Å². The summed E-state index contributed by atoms with van der Waals surface area (Å²) in [5.41, 5.74) is 7.30. The first-order valence-corrected chi connectivity index (χ1v) is 12.0. The van der Waals surface area contributed by atoms with E-state index in [1.165, 1.54) is 24.0 Å². The van der Waals surface area contributed by atoms with Gasteiger partial charge in [-0.25, -0.2) is 14.8 Å². The normalized spacial score (nSPS) is 15.7. The van der Waals surface area contributed by atoms with Crippen LogP contribution in [0.15, 0.2) is 67.1 Å². The second kappa shape index (κ2) is 8.91. The number of fused-ring (bicyclic) bond motifs is 1. The average Bonchev–Trinajstić information content (AvgIpc) is 3.67. The highest BCUT2D eigenvalue weighted by atomic mass is 16.5. The summed E-state index contributed by atoms with van der Waals surface area (Å²) in [4.78, 5) is 27.2. The highest BCUT2D eigenvalue weighted by molar-refractivity contribution is 5.93. The Bertz CT molecular complexity index is 1420. The number of nitrogens with one attached hydrogen (secondary N) is 2. The standard InChI is InChI=1S/C28H27N5O2/c1-35-23-9-7-18(8-10-23)21-3-2-4-22(15-21)32-28(34)33-13-11-20(12-14-33)26-25-24(19-5-6-19)16-29-27(25)31-17-30-26/h2-4,7-11,15-17,19H,5-6,12-14H2,1H3,(H,32,34)(H,29,30,31). The first-order valence-electron chi connectivity index (χ1n) is 12.0. The van der Waals surface area contributed by atoms with Gasteiger partial charge in [0.05, 0.1) is 12.8 Å². The van der Waals surface area contributed by atoms with E-state index >= 15 is 0 Å². The maximum Gasteiger partial charge on any atom is 0.322 e. The number of rotatable bonds is 5. The molecule has 0 unspecified atom stereocenters. The van der Waals surface area contributed by atoms with Crippen molar-refractivity contribution in [3.63, 3.8) is 0 Å². The predicted molar refractivity (Wildman–Crippen MR) is 137 cm³/mol. The van der Waals surface area contributed by atoms with Crippen molar-refractivity contribution in [2.75, 3.05) is 25.5 Å². The lowest BCUT2D eigenvalue weighted by Gasteiger charge is -2.27. The molecule has 2 N–H and O–H groups in total. The number of nitrogens with zero attached hydrogens (tertiary/aromatic N) is 3. The molecule has 0 atom stereocenters. The molecule has 0 radical (unpaired) electrons. The summed E-state index contributed by atoms with van der Waals surface area (Å²) >= 11 is 0. The number of aromatic amines is 1. The molecule has 7 nitrogen and oxygen atoms in total. The van der Waals surface area contributed by atoms with Gasteiger partial charge in [0, 0.05) is 30.4 Å². The van der Waals surface area contributed by atoms with Gasteiger partial charge in [-0.3, -0.25) is 0 Å². The first kappa shape index (κ1) is 21.4. The van der Waals surface area contributed by atoms with Gasteiger partial charge in [0.1, 0.15) is 17.7 Å². The number of aromatic nitrogens is 3. The van der Waals surface area contributed by atoms with E-state index in [9.17, 15) is 4.79 Å². The SMILES string of the molecule is COc1ccc(-c2cccc(NC(=O)N3CC=C(c4ncnc5[nH]cc(C6CC6)c45)CC3)c2)cc1. The maximum absolute atomic E-state index is 13.0. The molecular formula is C28H27N5O2. The molecule has 176 valence electrons. The zero-order chi connectivity index (χ0) is 23.8. The number of H-pyrrole nitrogens is 1. The van der Waals surface area contributed by atoms with Gasteiger partial charge in [-0.15, -0.1) is 0 Å². The number of amides is 2. The number of ether oxygens (including phenoxy) is 1. The second-order valence-corrected chi connectivity index (χ2v) is 9.13. The number of anilines is 1. The summed E-state index contributed by atoms with van der Waals surface area (Å²) < 4.78 is 5.24. The lowest BCUT2D eigenvalue weighted by atomic mass is 9.99. The van der Waals surface area contributed by atoms with Crippen molar-refractivity contribution in [2.45, 2.75) is 25.2 Å². The quantitative estimate of drug-likeness (QED) is 0.388. The van der Waals surface area contributed by atoms with Crippen LogP contribution in [-0.4, -0.2) is 46.1 Å². The maximum atomic E-state index is 13.0. The third-order valence-corrected chi connectivity index (χ3v) is 6.86. The molecule has 2 aliphatic rings. The van der Waals surface area contributed by atoms with E-state index in [1.807, 2.05) is 53.4 Å². The second-order valence-electron chi connectivity index (χ2n) is 9.13. The number of benzene rings is 2. The van der Waals surface area contributed by atoms with Crippen molar-refractivity contribution in [2.24, 2.45) is 0 Å². The van der Waals surface area contributed by atoms with E-state index in [4.69, 9.17) is 4.74 Å². The minimum atomic E-state index is -0.0969. The zero-order valence-electron chi connectivity index (χ0n) is 19.6. The van der Waals surface area contributed by atoms with E-state index in [0.29, 0.717) is 19.0 Å². The Morgan fingerprint density at radius 3 is 2.71 bits per heavy atom. The van der Waals surface area contributed by atoms with Gasteiger partial charge in [0.25, 0.3) is 0 Å². The van der Waals surface area contributed by atoms with Gasteiger partial charge in [-0.2, -0.15) is 0 Å². The molecule has 2 amide bonds. The van der Waals surface area contributed by atoms with Crippen LogP contribution in [0.4, 0.5) is 10.5 Å². The summed E-state index contributed by atoms with van der Waals surface area (Å²) in [5.74, 6) is 1.44. The van der Waals surface area contributed by atoms with Crippen LogP contribution in [0, 0.1) is 0 Å². The number of carbonyl (C=O) groups excluding carboxylic acids is 1. The van der Waals surface area contributed by atoms with Crippen LogP contribution < -0.4 is 10.1 Å². The number of hydrogen-bond acceptors (Lipinski definition) is 4. The zero-order valence-corrected chi connectivity index (χ0v) is 19.6. The monoisotopic (exact) mass is 465 g/mol. The highest BCUT2D eigenvalue weighted by Crippen LogP contribution is 2.44. The molecule has 1 saturated carbocycles. The van der Waals surface area contributed by atoms with Gasteiger partial charge in [-0.05, 0) is 71.7 Å². The molecule has 3 heterocycles. The molecule has 0 bridgehead atoms. The fourth-order valence-corrected chi connectivity index (χ4v) is 4.78. The summed E-state index contributed by atoms with van der Waals surface area (Å²) in [5, 5.41) is 4.21. The lowest BCUT2D eigenvalue weighted by Crippen LogP contribution is -2.38. The molecule has 35 heavy (non-hydrogen) atoms. The summed E-state index contributed by atoms with van der Waals surface area (Å²) in [7, 11) is 1.66. The molecule has 7 heteroatoms. The van der Waals surface area contributed by atoms with Crippen LogP contribution in [0.1, 0.15) is 36.4 Å². The lowest BCUT2D eigenvalue weighted by molar-refractivity contribution is 0.217. The van der Waals surface area contributed by atoms with E-state index in [-0.39, 0.29) is 6.03 Å². The van der Waals surface area contributed by atoms with Gasteiger partial charge < -0.3 is 19.9 Å². The summed E-state index contributed by atoms with van der Waals surface area (Å²) in [6.45, 7) is 1.19. The van der Waals surface area contributed by atoms with Crippen LogP contribution in [0.2, 0.25) is 0 Å². The molecule has 4 aromatic rings. The molecule has 6 rings (SSSR count). The van der Waals surface area contributed by atoms with Crippen molar-refractivity contribution >= 4 is 28.3 Å². The van der Waals surface area contributed by atoms with Crippen molar-refractivity contribution in [3.05, 3.63) is 78.4 Å². The Balaban J connectivity index is 1.16. The highest BCUT2D eigenvalue weighted by Gasteiger charge is 2.29. The van der Waals surface area contributed by atoms with Gasteiger partial charge in [0.2, 0.25) is 0 Å². The minimum Gasteiger partial charge on any atom is -0.497 e. The fourth-order valence-electron chi connectivity index (χ4n) is 4.78. The van der Waals surface area contributed by atoms with Crippen LogP contribution in [0.3, 0.4) is 0 Å². The minimum absolute atomic E-state index is 0.0969. The summed E-state index contributed by atoms with van der Waals surface area (Å²) in [6.07, 6.45) is 9.06. The number of methoxy groups -OCH3 is 1. The van der Waals surface area contributed by atoms with E-state index in [0.717, 1.165) is 45.7 Å². The van der Waals surface area contributed by atoms with Crippen molar-refractivity contribution in [1.29, 1.82) is 0 Å². The Morgan fingerprint density at radius 2 is 1.97 bits per heavy atom. The van der Waals surface area contributed by atoms with Gasteiger partial charge >= 0.3 is 6.03 Å². The molecular weight excluding hydrogens is 438 g/mol. The van der Waals surface area contributed by atoms with Crippen molar-refractivity contribution < 1.29 is 9.53 Å². The molecule has 0 spiro atoms. The molecule has 2 aromatic heterocycles. The Morgan fingerprint density at radius 1 is 1.11 bits per heavy atom. The fraction of sp³-hybridized carbons (Fsp3) is 0.250. The number of hydrogen-bond donors (Lipinski definition) is 2. The van der Waals surface area contributed by atoms with E-state index in [1.54, 1.807) is 13.4 Å². The number of urea groups is 1. The molecule has 1 fully saturated rings. The van der Waals surface area contributed by atoms with Crippen LogP contribution in [0.25, 0.3) is 27.7 Å². The first-order chi connectivity index (χ1) is 17.2. The van der Waals surface area contributed by atoms with E-state index in [2.05, 4.69) is 32.5 Å². The molecule has 1 aliphatic carbocycles. The van der Waals surface area contributed by atoms with Crippen LogP contribution >= 0.6 is 0 Å². The van der Waals surface area contributed by atoms with Gasteiger partial charge in [-0.1, -0.05) is 30.3 Å². The molecule has 1 aliphatic heterocycles. The third kappa shape index (κ3) is 4.25. The van der Waals surface area contributed by atoms with Crippen molar-refractivity contribution in [3.8, 4) is 16.9 Å². The Hall–Kier alpha value is -4.13. The van der Waals surface area contributed by atoms with Crippen molar-refractivity contribution in [1.82, 2.24) is 19.9 Å². The number of carbonyl (C=O) groups is 1. The van der Waals surface area contributed by atoms with Crippen LogP contribution in [-0.2, 0) is 0 Å². The smallest absolute Gasteiger partial charge is 0.322 e. The van der Waals surface area contributed by atoms with Crippen LogP contribution in [0.5, 0.6) is 5.75 Å². The average molecular weight is 466 g/mol. The largest absolute Gasteiger partial charge is 0.497 e. The summed E-state index contributed by atoms with van der Waals surface area (Å²) in [6, 6.07) is 15.7. The third-order valence-electron chi connectivity index (χ3n) is 6.86. The molecule has 0 saturated heterocycles. The van der Waals surface area contributed by atoms with E-state index < -0.39 is 0 Å².